The molecule has 0 N–H and O–H groups in total. The SMILES string of the molecule is O=C(C1CCCC(F)(F)C1)N1CCC(CBr)CC1. The maximum Gasteiger partial charge on any atom is 0.248 e. The Kier molecular flexibility index (Phi) is 4.62. The molecule has 0 aromatic carbocycles. The fourth-order valence-electron chi connectivity index (χ4n) is 2.95. The second kappa shape index (κ2) is 5.85. The number of likely N-dealkylation sites (tertiary alicyclic amines) is 1. The van der Waals surface area contributed by atoms with Crippen LogP contribution in [0.15, 0.2) is 0 Å². The first-order chi connectivity index (χ1) is 8.52. The summed E-state index contributed by atoms with van der Waals surface area (Å²) in [7, 11) is 0. The molecule has 5 heteroatoms. The molecule has 0 radical (unpaired) electrons. The average Bonchev–Trinajstić information content (AvgIpc) is 2.37. The van der Waals surface area contributed by atoms with Crippen molar-refractivity contribution in [1.82, 2.24) is 4.90 Å². The lowest BCUT2D eigenvalue weighted by molar-refractivity contribution is -0.144. The van der Waals surface area contributed by atoms with Crippen molar-refractivity contribution < 1.29 is 13.6 Å². The summed E-state index contributed by atoms with van der Waals surface area (Å²) in [6.45, 7) is 1.47. The maximum absolute atomic E-state index is 13.3. The number of halogens is 3. The second-order valence-corrected chi connectivity index (χ2v) is 6.22. The van der Waals surface area contributed by atoms with Crippen molar-refractivity contribution in [2.45, 2.75) is 44.4 Å². The van der Waals surface area contributed by atoms with E-state index >= 15 is 0 Å². The number of rotatable bonds is 2. The number of hydrogen-bond donors (Lipinski definition) is 0. The van der Waals surface area contributed by atoms with Crippen LogP contribution >= 0.6 is 15.9 Å². The van der Waals surface area contributed by atoms with Crippen LogP contribution < -0.4 is 0 Å². The Morgan fingerprint density at radius 2 is 1.94 bits per heavy atom. The summed E-state index contributed by atoms with van der Waals surface area (Å²) < 4.78 is 26.6. The highest BCUT2D eigenvalue weighted by molar-refractivity contribution is 9.09. The fraction of sp³-hybridized carbons (Fsp3) is 0.923. The summed E-state index contributed by atoms with van der Waals surface area (Å²) in [5.41, 5.74) is 0. The molecule has 1 saturated carbocycles. The van der Waals surface area contributed by atoms with Gasteiger partial charge in [-0.25, -0.2) is 8.78 Å². The molecule has 104 valence electrons. The zero-order valence-electron chi connectivity index (χ0n) is 10.5. The number of piperidine rings is 1. The molecule has 18 heavy (non-hydrogen) atoms. The molecule has 1 heterocycles. The zero-order valence-corrected chi connectivity index (χ0v) is 12.1. The summed E-state index contributed by atoms with van der Waals surface area (Å²) in [4.78, 5) is 14.0. The number of nitrogens with zero attached hydrogens (tertiary/aromatic N) is 1. The monoisotopic (exact) mass is 323 g/mol. The van der Waals surface area contributed by atoms with Crippen LogP contribution in [-0.2, 0) is 4.79 Å². The van der Waals surface area contributed by atoms with Crippen LogP contribution in [-0.4, -0.2) is 35.1 Å². The van der Waals surface area contributed by atoms with E-state index in [0.717, 1.165) is 31.3 Å². The molecule has 1 atom stereocenters. The Hall–Kier alpha value is -0.190. The van der Waals surface area contributed by atoms with E-state index in [2.05, 4.69) is 15.9 Å². The maximum atomic E-state index is 13.3. The first-order valence-electron chi connectivity index (χ1n) is 6.74. The van der Waals surface area contributed by atoms with Gasteiger partial charge >= 0.3 is 0 Å². The molecule has 0 bridgehead atoms. The molecular formula is C13H20BrF2NO. The summed E-state index contributed by atoms with van der Waals surface area (Å²) in [6, 6.07) is 0. The molecule has 0 spiro atoms. The van der Waals surface area contributed by atoms with Crippen LogP contribution in [0, 0.1) is 11.8 Å². The van der Waals surface area contributed by atoms with Gasteiger partial charge in [0.2, 0.25) is 11.8 Å². The minimum atomic E-state index is -2.63. The van der Waals surface area contributed by atoms with Gasteiger partial charge in [0, 0.05) is 37.2 Å². The Morgan fingerprint density at radius 1 is 1.28 bits per heavy atom. The van der Waals surface area contributed by atoms with Crippen LogP contribution in [0.25, 0.3) is 0 Å². The van der Waals surface area contributed by atoms with E-state index in [1.54, 1.807) is 4.90 Å². The summed E-state index contributed by atoms with van der Waals surface area (Å²) >= 11 is 3.46. The van der Waals surface area contributed by atoms with E-state index in [1.807, 2.05) is 0 Å². The highest BCUT2D eigenvalue weighted by Gasteiger charge is 2.40. The predicted molar refractivity (Wildman–Crippen MR) is 70.0 cm³/mol. The van der Waals surface area contributed by atoms with E-state index in [-0.39, 0.29) is 18.7 Å². The van der Waals surface area contributed by atoms with Crippen LogP contribution in [0.3, 0.4) is 0 Å². The lowest BCUT2D eigenvalue weighted by Crippen LogP contribution is -2.44. The molecule has 0 aromatic rings. The molecule has 1 unspecified atom stereocenters. The highest BCUT2D eigenvalue weighted by atomic mass is 79.9. The normalized spacial score (nSPS) is 29.3. The molecule has 1 amide bonds. The van der Waals surface area contributed by atoms with Crippen molar-refractivity contribution in [2.75, 3.05) is 18.4 Å². The first kappa shape index (κ1) is 14.2. The van der Waals surface area contributed by atoms with Gasteiger partial charge in [0.05, 0.1) is 0 Å². The summed E-state index contributed by atoms with van der Waals surface area (Å²) in [5.74, 6) is -2.49. The van der Waals surface area contributed by atoms with Crippen LogP contribution in [0.1, 0.15) is 38.5 Å². The van der Waals surface area contributed by atoms with Gasteiger partial charge in [0.1, 0.15) is 0 Å². The van der Waals surface area contributed by atoms with Gasteiger partial charge in [0.15, 0.2) is 0 Å². The van der Waals surface area contributed by atoms with Gasteiger partial charge in [-0.3, -0.25) is 4.79 Å². The van der Waals surface area contributed by atoms with Crippen molar-refractivity contribution >= 4 is 21.8 Å². The second-order valence-electron chi connectivity index (χ2n) is 5.57. The quantitative estimate of drug-likeness (QED) is 0.713. The Balaban J connectivity index is 1.88. The van der Waals surface area contributed by atoms with Crippen LogP contribution in [0.2, 0.25) is 0 Å². The van der Waals surface area contributed by atoms with Crippen molar-refractivity contribution in [3.8, 4) is 0 Å². The lowest BCUT2D eigenvalue weighted by Gasteiger charge is -2.36. The van der Waals surface area contributed by atoms with E-state index in [0.29, 0.717) is 18.8 Å². The molecule has 1 aliphatic heterocycles. The van der Waals surface area contributed by atoms with Crippen molar-refractivity contribution in [1.29, 1.82) is 0 Å². The van der Waals surface area contributed by atoms with Crippen LogP contribution in [0.5, 0.6) is 0 Å². The number of hydrogen-bond acceptors (Lipinski definition) is 1. The van der Waals surface area contributed by atoms with Crippen molar-refractivity contribution in [3.63, 3.8) is 0 Å². The molecule has 2 aliphatic rings. The van der Waals surface area contributed by atoms with Gasteiger partial charge in [-0.15, -0.1) is 0 Å². The molecule has 2 nitrogen and oxygen atoms in total. The highest BCUT2D eigenvalue weighted by Crippen LogP contribution is 2.37. The van der Waals surface area contributed by atoms with Gasteiger partial charge in [-0.1, -0.05) is 15.9 Å². The first-order valence-corrected chi connectivity index (χ1v) is 7.86. The predicted octanol–water partition coefficient (Wildman–Crippen LogP) is 3.45. The summed E-state index contributed by atoms with van der Waals surface area (Å²) in [5, 5.41) is 0.969. The van der Waals surface area contributed by atoms with Gasteiger partial charge in [-0.05, 0) is 31.6 Å². The minimum Gasteiger partial charge on any atom is -0.342 e. The van der Waals surface area contributed by atoms with Crippen molar-refractivity contribution in [3.05, 3.63) is 0 Å². The molecule has 2 fully saturated rings. The third-order valence-electron chi connectivity index (χ3n) is 4.13. The summed E-state index contributed by atoms with van der Waals surface area (Å²) in [6.07, 6.45) is 2.78. The molecule has 1 aliphatic carbocycles. The van der Waals surface area contributed by atoms with Gasteiger partial charge < -0.3 is 4.90 Å². The van der Waals surface area contributed by atoms with E-state index < -0.39 is 11.8 Å². The number of carbonyl (C=O) groups is 1. The minimum absolute atomic E-state index is 0.0394. The largest absolute Gasteiger partial charge is 0.342 e. The average molecular weight is 324 g/mol. The Morgan fingerprint density at radius 3 is 2.50 bits per heavy atom. The molecular weight excluding hydrogens is 304 g/mol. The smallest absolute Gasteiger partial charge is 0.248 e. The zero-order chi connectivity index (χ0) is 13.2. The van der Waals surface area contributed by atoms with E-state index in [1.165, 1.54) is 0 Å². The van der Waals surface area contributed by atoms with E-state index in [9.17, 15) is 13.6 Å². The fourth-order valence-corrected chi connectivity index (χ4v) is 3.60. The molecule has 2 rings (SSSR count). The van der Waals surface area contributed by atoms with E-state index in [4.69, 9.17) is 0 Å². The lowest BCUT2D eigenvalue weighted by atomic mass is 9.85. The topological polar surface area (TPSA) is 20.3 Å². The Bertz CT molecular complexity index is 303. The number of amides is 1. The third kappa shape index (κ3) is 3.43. The molecule has 0 aromatic heterocycles. The number of carbonyl (C=O) groups excluding carboxylic acids is 1. The third-order valence-corrected chi connectivity index (χ3v) is 5.05. The van der Waals surface area contributed by atoms with Crippen molar-refractivity contribution in [2.24, 2.45) is 11.8 Å². The molecule has 1 saturated heterocycles. The number of alkyl halides is 3. The van der Waals surface area contributed by atoms with Crippen LogP contribution in [0.4, 0.5) is 8.78 Å². The Labute approximate surface area is 115 Å². The standard InChI is InChI=1S/C13H20BrF2NO/c14-9-10-3-6-17(7-4-10)12(18)11-2-1-5-13(15,16)8-11/h10-11H,1-9H2. The van der Waals surface area contributed by atoms with Gasteiger partial charge in [0.25, 0.3) is 0 Å². The van der Waals surface area contributed by atoms with Gasteiger partial charge in [-0.2, -0.15) is 0 Å².